The maximum absolute atomic E-state index is 12.0. The number of esters is 1. The summed E-state index contributed by atoms with van der Waals surface area (Å²) in [6, 6.07) is 11.6. The molecular weight excluding hydrogens is 386 g/mol. The Bertz CT molecular complexity index is 736. The largest absolute Gasteiger partial charge is 0.496 e. The third kappa shape index (κ3) is 4.71. The summed E-state index contributed by atoms with van der Waals surface area (Å²) in [4.78, 5) is 23.8. The lowest BCUT2D eigenvalue weighted by atomic mass is 10.2. The van der Waals surface area contributed by atoms with Crippen LogP contribution in [0.15, 0.2) is 46.9 Å². The number of amides is 1. The van der Waals surface area contributed by atoms with Crippen LogP contribution in [0.4, 0.5) is 5.69 Å². The van der Waals surface area contributed by atoms with E-state index in [-0.39, 0.29) is 5.56 Å². The van der Waals surface area contributed by atoms with Gasteiger partial charge in [0.05, 0.1) is 12.1 Å². The molecule has 2 aromatic carbocycles. The first-order valence-electron chi connectivity index (χ1n) is 6.56. The van der Waals surface area contributed by atoms with Crippen molar-refractivity contribution in [2.75, 3.05) is 19.0 Å². The third-order valence-electron chi connectivity index (χ3n) is 2.86. The van der Waals surface area contributed by atoms with Gasteiger partial charge in [-0.2, -0.15) is 0 Å². The molecule has 0 atom stereocenters. The van der Waals surface area contributed by atoms with E-state index in [4.69, 9.17) is 21.1 Å². The molecule has 1 N–H and O–H groups in total. The van der Waals surface area contributed by atoms with Crippen molar-refractivity contribution < 1.29 is 19.1 Å². The number of carbonyl (C=O) groups is 2. The zero-order valence-corrected chi connectivity index (χ0v) is 14.5. The first-order valence-corrected chi connectivity index (χ1v) is 7.73. The number of carbonyl (C=O) groups excluding carboxylic acids is 2. The van der Waals surface area contributed by atoms with Crippen LogP contribution in [0.1, 0.15) is 10.4 Å². The molecule has 0 fully saturated rings. The maximum atomic E-state index is 12.0. The topological polar surface area (TPSA) is 64.6 Å². The van der Waals surface area contributed by atoms with Crippen molar-refractivity contribution in [3.05, 3.63) is 57.5 Å². The summed E-state index contributed by atoms with van der Waals surface area (Å²) in [5, 5.41) is 3.06. The standard InChI is InChI=1S/C16H13BrClNO4/c1-22-14-5-3-2-4-11(14)16(21)23-9-15(20)19-10-6-7-12(17)13(18)8-10/h2-8H,9H2,1H3,(H,19,20). The van der Waals surface area contributed by atoms with Crippen LogP contribution in [0.2, 0.25) is 5.02 Å². The normalized spacial score (nSPS) is 10.0. The Morgan fingerprint density at radius 3 is 2.65 bits per heavy atom. The van der Waals surface area contributed by atoms with Gasteiger partial charge in [0.1, 0.15) is 11.3 Å². The average Bonchev–Trinajstić information content (AvgIpc) is 2.56. The molecule has 1 amide bonds. The number of methoxy groups -OCH3 is 1. The van der Waals surface area contributed by atoms with Crippen LogP contribution < -0.4 is 10.1 Å². The molecule has 0 saturated heterocycles. The lowest BCUT2D eigenvalue weighted by Crippen LogP contribution is -2.21. The molecule has 0 aliphatic rings. The van der Waals surface area contributed by atoms with Gasteiger partial charge in [0.15, 0.2) is 6.61 Å². The molecule has 0 aliphatic heterocycles. The number of nitrogens with one attached hydrogen (secondary N) is 1. The van der Waals surface area contributed by atoms with E-state index < -0.39 is 18.5 Å². The molecular formula is C16H13BrClNO4. The molecule has 23 heavy (non-hydrogen) atoms. The van der Waals surface area contributed by atoms with Crippen molar-refractivity contribution in [3.8, 4) is 5.75 Å². The molecule has 0 spiro atoms. The second kappa shape index (κ2) is 7.99. The molecule has 0 saturated carbocycles. The first kappa shape index (κ1) is 17.3. The second-order valence-electron chi connectivity index (χ2n) is 4.45. The van der Waals surface area contributed by atoms with E-state index in [1.54, 1.807) is 42.5 Å². The van der Waals surface area contributed by atoms with Crippen molar-refractivity contribution in [2.45, 2.75) is 0 Å². The summed E-state index contributed by atoms with van der Waals surface area (Å²) in [5.41, 5.74) is 0.769. The minimum Gasteiger partial charge on any atom is -0.496 e. The predicted molar refractivity (Wildman–Crippen MR) is 91.1 cm³/mol. The number of hydrogen-bond donors (Lipinski definition) is 1. The molecule has 5 nitrogen and oxygen atoms in total. The minimum atomic E-state index is -0.633. The Balaban J connectivity index is 1.93. The van der Waals surface area contributed by atoms with E-state index in [0.717, 1.165) is 4.47 Å². The van der Waals surface area contributed by atoms with Crippen LogP contribution in [0.25, 0.3) is 0 Å². The highest BCUT2D eigenvalue weighted by Crippen LogP contribution is 2.25. The van der Waals surface area contributed by atoms with Gasteiger partial charge in [-0.25, -0.2) is 4.79 Å². The summed E-state index contributed by atoms with van der Waals surface area (Å²) in [7, 11) is 1.45. The first-order chi connectivity index (χ1) is 11.0. The van der Waals surface area contributed by atoms with Crippen molar-refractivity contribution in [2.24, 2.45) is 0 Å². The molecule has 7 heteroatoms. The van der Waals surface area contributed by atoms with E-state index in [0.29, 0.717) is 16.5 Å². The molecule has 0 radical (unpaired) electrons. The number of rotatable bonds is 5. The van der Waals surface area contributed by atoms with Gasteiger partial charge in [0, 0.05) is 10.2 Å². The molecule has 0 bridgehead atoms. The zero-order valence-electron chi connectivity index (χ0n) is 12.1. The van der Waals surface area contributed by atoms with Crippen molar-refractivity contribution in [1.29, 1.82) is 0 Å². The molecule has 0 heterocycles. The van der Waals surface area contributed by atoms with Crippen LogP contribution in [-0.4, -0.2) is 25.6 Å². The van der Waals surface area contributed by atoms with Crippen LogP contribution in [-0.2, 0) is 9.53 Å². The monoisotopic (exact) mass is 397 g/mol. The fourth-order valence-electron chi connectivity index (χ4n) is 1.79. The predicted octanol–water partition coefficient (Wildman–Crippen LogP) is 3.91. The Kier molecular flexibility index (Phi) is 6.01. The van der Waals surface area contributed by atoms with Crippen molar-refractivity contribution in [1.82, 2.24) is 0 Å². The number of para-hydroxylation sites is 1. The summed E-state index contributed by atoms with van der Waals surface area (Å²) in [6.07, 6.45) is 0. The van der Waals surface area contributed by atoms with Crippen LogP contribution in [0, 0.1) is 0 Å². The SMILES string of the molecule is COc1ccccc1C(=O)OCC(=O)Nc1ccc(Br)c(Cl)c1. The average molecular weight is 399 g/mol. The van der Waals surface area contributed by atoms with Gasteiger partial charge < -0.3 is 14.8 Å². The third-order valence-corrected chi connectivity index (χ3v) is 4.10. The van der Waals surface area contributed by atoms with E-state index >= 15 is 0 Å². The van der Waals surface area contributed by atoms with E-state index in [9.17, 15) is 9.59 Å². The van der Waals surface area contributed by atoms with E-state index in [1.807, 2.05) is 0 Å². The number of ether oxygens (including phenoxy) is 2. The number of anilines is 1. The van der Waals surface area contributed by atoms with Crippen LogP contribution in [0.5, 0.6) is 5.75 Å². The summed E-state index contributed by atoms with van der Waals surface area (Å²) < 4.78 is 10.8. The summed E-state index contributed by atoms with van der Waals surface area (Å²) >= 11 is 9.20. The Hall–Kier alpha value is -2.05. The lowest BCUT2D eigenvalue weighted by Gasteiger charge is -2.09. The molecule has 0 unspecified atom stereocenters. The Morgan fingerprint density at radius 2 is 1.96 bits per heavy atom. The van der Waals surface area contributed by atoms with Gasteiger partial charge >= 0.3 is 5.97 Å². The van der Waals surface area contributed by atoms with Gasteiger partial charge in [0.2, 0.25) is 0 Å². The fourth-order valence-corrected chi connectivity index (χ4v) is 2.22. The van der Waals surface area contributed by atoms with Gasteiger partial charge in [-0.3, -0.25) is 4.79 Å². The minimum absolute atomic E-state index is 0.259. The summed E-state index contributed by atoms with van der Waals surface area (Å²) in [6.45, 7) is -0.412. The second-order valence-corrected chi connectivity index (χ2v) is 5.72. The molecule has 120 valence electrons. The quantitative estimate of drug-likeness (QED) is 0.776. The van der Waals surface area contributed by atoms with Crippen molar-refractivity contribution in [3.63, 3.8) is 0 Å². The molecule has 2 rings (SSSR count). The van der Waals surface area contributed by atoms with Crippen molar-refractivity contribution >= 4 is 45.1 Å². The van der Waals surface area contributed by atoms with Crippen LogP contribution in [0.3, 0.4) is 0 Å². The van der Waals surface area contributed by atoms with Gasteiger partial charge in [-0.15, -0.1) is 0 Å². The van der Waals surface area contributed by atoms with Gasteiger partial charge in [-0.05, 0) is 46.3 Å². The van der Waals surface area contributed by atoms with Crippen LogP contribution >= 0.6 is 27.5 Å². The molecule has 0 aliphatic carbocycles. The zero-order chi connectivity index (χ0) is 16.8. The number of halogens is 2. The number of benzene rings is 2. The highest BCUT2D eigenvalue weighted by molar-refractivity contribution is 9.10. The lowest BCUT2D eigenvalue weighted by molar-refractivity contribution is -0.119. The smallest absolute Gasteiger partial charge is 0.342 e. The summed E-state index contributed by atoms with van der Waals surface area (Å²) in [5.74, 6) is -0.712. The highest BCUT2D eigenvalue weighted by Gasteiger charge is 2.14. The fraction of sp³-hybridized carbons (Fsp3) is 0.125. The van der Waals surface area contributed by atoms with E-state index in [1.165, 1.54) is 7.11 Å². The highest BCUT2D eigenvalue weighted by atomic mass is 79.9. The molecule has 2 aromatic rings. The molecule has 0 aromatic heterocycles. The van der Waals surface area contributed by atoms with Gasteiger partial charge in [-0.1, -0.05) is 23.7 Å². The number of hydrogen-bond acceptors (Lipinski definition) is 4. The Morgan fingerprint density at radius 1 is 1.22 bits per heavy atom. The van der Waals surface area contributed by atoms with Gasteiger partial charge in [0.25, 0.3) is 5.91 Å². The maximum Gasteiger partial charge on any atom is 0.342 e. The Labute approximate surface area is 146 Å². The van der Waals surface area contributed by atoms with E-state index in [2.05, 4.69) is 21.2 Å².